The molecule has 1 atom stereocenters. The van der Waals surface area contributed by atoms with Crippen LogP contribution in [0.15, 0.2) is 12.3 Å². The minimum absolute atomic E-state index is 0.0400. The summed E-state index contributed by atoms with van der Waals surface area (Å²) in [5, 5.41) is 12.0. The highest BCUT2D eigenvalue weighted by atomic mass is 35.5. The van der Waals surface area contributed by atoms with Crippen LogP contribution >= 0.6 is 11.6 Å². The molecule has 1 amide bonds. The maximum atomic E-state index is 12.1. The monoisotopic (exact) mass is 312 g/mol. The second-order valence-corrected chi connectivity index (χ2v) is 6.02. The molecule has 5 nitrogen and oxygen atoms in total. The minimum atomic E-state index is -0.857. The molecule has 1 aromatic rings. The Morgan fingerprint density at radius 3 is 2.62 bits per heavy atom. The zero-order valence-electron chi connectivity index (χ0n) is 12.5. The fourth-order valence-electron chi connectivity index (χ4n) is 2.18. The lowest BCUT2D eigenvalue weighted by Gasteiger charge is -2.18. The molecule has 0 bridgehead atoms. The number of aromatic nitrogens is 1. The highest BCUT2D eigenvalue weighted by Gasteiger charge is 2.17. The van der Waals surface area contributed by atoms with E-state index in [4.69, 9.17) is 16.7 Å². The SMILES string of the molecule is Cc1cc(Cl)c(C(=O)NC[C@H](CC(=O)O)CC(C)C)cn1. The van der Waals surface area contributed by atoms with Gasteiger partial charge >= 0.3 is 5.97 Å². The van der Waals surface area contributed by atoms with Crippen LogP contribution in [0.5, 0.6) is 0 Å². The summed E-state index contributed by atoms with van der Waals surface area (Å²) in [4.78, 5) is 27.0. The first-order valence-electron chi connectivity index (χ1n) is 6.91. The molecule has 0 aliphatic heterocycles. The summed E-state index contributed by atoms with van der Waals surface area (Å²) in [6.07, 6.45) is 2.21. The Morgan fingerprint density at radius 1 is 1.43 bits per heavy atom. The zero-order valence-corrected chi connectivity index (χ0v) is 13.3. The van der Waals surface area contributed by atoms with Gasteiger partial charge in [0.1, 0.15) is 0 Å². The molecule has 0 aliphatic carbocycles. The van der Waals surface area contributed by atoms with E-state index in [1.54, 1.807) is 13.0 Å². The summed E-state index contributed by atoms with van der Waals surface area (Å²) < 4.78 is 0. The highest BCUT2D eigenvalue weighted by molar-refractivity contribution is 6.33. The molecule has 0 radical (unpaired) electrons. The van der Waals surface area contributed by atoms with Crippen LogP contribution in [0.4, 0.5) is 0 Å². The van der Waals surface area contributed by atoms with Crippen molar-refractivity contribution in [1.29, 1.82) is 0 Å². The largest absolute Gasteiger partial charge is 0.481 e. The van der Waals surface area contributed by atoms with Gasteiger partial charge in [-0.2, -0.15) is 0 Å². The smallest absolute Gasteiger partial charge is 0.303 e. The van der Waals surface area contributed by atoms with Gasteiger partial charge in [0, 0.05) is 24.9 Å². The molecule has 0 spiro atoms. The Balaban J connectivity index is 2.65. The number of carbonyl (C=O) groups excluding carboxylic acids is 1. The zero-order chi connectivity index (χ0) is 16.0. The van der Waals surface area contributed by atoms with Crippen LogP contribution in [-0.2, 0) is 4.79 Å². The van der Waals surface area contributed by atoms with Crippen molar-refractivity contribution in [2.75, 3.05) is 6.54 Å². The molecule has 0 unspecified atom stereocenters. The van der Waals surface area contributed by atoms with Crippen LogP contribution in [0.2, 0.25) is 5.02 Å². The van der Waals surface area contributed by atoms with Crippen LogP contribution in [0.3, 0.4) is 0 Å². The van der Waals surface area contributed by atoms with E-state index >= 15 is 0 Å². The normalized spacial score (nSPS) is 12.2. The van der Waals surface area contributed by atoms with Crippen LogP contribution in [0.25, 0.3) is 0 Å². The fraction of sp³-hybridized carbons (Fsp3) is 0.533. The highest BCUT2D eigenvalue weighted by Crippen LogP contribution is 2.17. The van der Waals surface area contributed by atoms with Gasteiger partial charge in [0.15, 0.2) is 0 Å². The Hall–Kier alpha value is -1.62. The number of hydrogen-bond acceptors (Lipinski definition) is 3. The lowest BCUT2D eigenvalue weighted by atomic mass is 9.94. The number of halogens is 1. The number of carbonyl (C=O) groups is 2. The average Bonchev–Trinajstić information content (AvgIpc) is 2.34. The number of carboxylic acids is 1. The quantitative estimate of drug-likeness (QED) is 0.811. The van der Waals surface area contributed by atoms with E-state index in [-0.39, 0.29) is 18.2 Å². The van der Waals surface area contributed by atoms with Crippen molar-refractivity contribution in [2.45, 2.75) is 33.6 Å². The lowest BCUT2D eigenvalue weighted by Crippen LogP contribution is -2.31. The summed E-state index contributed by atoms with van der Waals surface area (Å²) in [5.74, 6) is -0.906. The fourth-order valence-corrected chi connectivity index (χ4v) is 2.47. The summed E-state index contributed by atoms with van der Waals surface area (Å²) in [6, 6.07) is 1.62. The van der Waals surface area contributed by atoms with E-state index < -0.39 is 5.97 Å². The van der Waals surface area contributed by atoms with Crippen molar-refractivity contribution in [2.24, 2.45) is 11.8 Å². The van der Waals surface area contributed by atoms with Crippen molar-refractivity contribution in [3.8, 4) is 0 Å². The molecule has 21 heavy (non-hydrogen) atoms. The van der Waals surface area contributed by atoms with Crippen molar-refractivity contribution < 1.29 is 14.7 Å². The third-order valence-corrected chi connectivity index (χ3v) is 3.37. The van der Waals surface area contributed by atoms with E-state index in [0.29, 0.717) is 23.0 Å². The van der Waals surface area contributed by atoms with E-state index in [0.717, 1.165) is 12.1 Å². The number of amides is 1. The van der Waals surface area contributed by atoms with Crippen molar-refractivity contribution in [3.63, 3.8) is 0 Å². The summed E-state index contributed by atoms with van der Waals surface area (Å²) in [7, 11) is 0. The van der Waals surface area contributed by atoms with Gasteiger partial charge < -0.3 is 10.4 Å². The summed E-state index contributed by atoms with van der Waals surface area (Å²) >= 11 is 6.01. The van der Waals surface area contributed by atoms with Crippen LogP contribution in [0, 0.1) is 18.8 Å². The molecule has 0 saturated carbocycles. The first kappa shape index (κ1) is 17.4. The Kier molecular flexibility index (Phi) is 6.62. The molecule has 6 heteroatoms. The van der Waals surface area contributed by atoms with Gasteiger partial charge in [-0.15, -0.1) is 0 Å². The topological polar surface area (TPSA) is 79.3 Å². The molecule has 0 aromatic carbocycles. The van der Waals surface area contributed by atoms with Gasteiger partial charge in [-0.25, -0.2) is 0 Å². The van der Waals surface area contributed by atoms with Crippen molar-refractivity contribution >= 4 is 23.5 Å². The van der Waals surface area contributed by atoms with Crippen LogP contribution < -0.4 is 5.32 Å². The van der Waals surface area contributed by atoms with E-state index in [9.17, 15) is 9.59 Å². The van der Waals surface area contributed by atoms with E-state index in [1.807, 2.05) is 13.8 Å². The number of rotatable bonds is 7. The maximum Gasteiger partial charge on any atom is 0.303 e. The number of aryl methyl sites for hydroxylation is 1. The molecule has 0 saturated heterocycles. The van der Waals surface area contributed by atoms with E-state index in [1.165, 1.54) is 6.20 Å². The second kappa shape index (κ2) is 7.98. The van der Waals surface area contributed by atoms with Gasteiger partial charge in [0.25, 0.3) is 5.91 Å². The predicted molar refractivity (Wildman–Crippen MR) is 81.5 cm³/mol. The number of carboxylic acid groups (broad SMARTS) is 1. The Morgan fingerprint density at radius 2 is 2.10 bits per heavy atom. The summed E-state index contributed by atoms with van der Waals surface area (Å²) in [6.45, 7) is 6.15. The van der Waals surface area contributed by atoms with Gasteiger partial charge in [-0.05, 0) is 31.2 Å². The maximum absolute atomic E-state index is 12.1. The first-order valence-corrected chi connectivity index (χ1v) is 7.29. The minimum Gasteiger partial charge on any atom is -0.481 e. The Bertz CT molecular complexity index is 518. The van der Waals surface area contributed by atoms with Gasteiger partial charge in [0.05, 0.1) is 10.6 Å². The van der Waals surface area contributed by atoms with Crippen molar-refractivity contribution in [1.82, 2.24) is 10.3 Å². The van der Waals surface area contributed by atoms with Crippen LogP contribution in [-0.4, -0.2) is 28.5 Å². The average molecular weight is 313 g/mol. The molecule has 0 aliphatic rings. The molecule has 116 valence electrons. The number of nitrogens with zero attached hydrogens (tertiary/aromatic N) is 1. The molecular weight excluding hydrogens is 292 g/mol. The third-order valence-electron chi connectivity index (χ3n) is 3.05. The molecule has 1 heterocycles. The third kappa shape index (κ3) is 6.12. The molecule has 0 fully saturated rings. The number of pyridine rings is 1. The molecule has 1 aromatic heterocycles. The van der Waals surface area contributed by atoms with Crippen molar-refractivity contribution in [3.05, 3.63) is 28.5 Å². The lowest BCUT2D eigenvalue weighted by molar-refractivity contribution is -0.138. The first-order chi connectivity index (χ1) is 9.79. The number of aliphatic carboxylic acids is 1. The molecular formula is C15H21ClN2O3. The molecule has 2 N–H and O–H groups in total. The summed E-state index contributed by atoms with van der Waals surface area (Å²) in [5.41, 5.74) is 1.04. The number of hydrogen-bond donors (Lipinski definition) is 2. The van der Waals surface area contributed by atoms with Gasteiger partial charge in [-0.1, -0.05) is 25.4 Å². The van der Waals surface area contributed by atoms with Gasteiger partial charge in [-0.3, -0.25) is 14.6 Å². The molecule has 1 rings (SSSR count). The number of nitrogens with one attached hydrogen (secondary N) is 1. The van der Waals surface area contributed by atoms with Crippen LogP contribution in [0.1, 0.15) is 42.7 Å². The van der Waals surface area contributed by atoms with E-state index in [2.05, 4.69) is 10.3 Å². The Labute approximate surface area is 129 Å². The standard InChI is InChI=1S/C15H21ClN2O3/c1-9(2)4-11(6-14(19)20)7-18-15(21)12-8-17-10(3)5-13(12)16/h5,8-9,11H,4,6-7H2,1-3H3,(H,18,21)(H,19,20)/t11-/m0/s1. The predicted octanol–water partition coefficient (Wildman–Crippen LogP) is 2.91. The van der Waals surface area contributed by atoms with Gasteiger partial charge in [0.2, 0.25) is 0 Å². The second-order valence-electron chi connectivity index (χ2n) is 5.61.